The Labute approximate surface area is 101 Å². The highest BCUT2D eigenvalue weighted by molar-refractivity contribution is 5.06. The summed E-state index contributed by atoms with van der Waals surface area (Å²) in [6.45, 7) is 3.84. The van der Waals surface area contributed by atoms with Gasteiger partial charge in [-0.2, -0.15) is 4.98 Å². The van der Waals surface area contributed by atoms with Gasteiger partial charge in [0.05, 0.1) is 12.8 Å². The van der Waals surface area contributed by atoms with Crippen LogP contribution in [0.15, 0.2) is 12.3 Å². The van der Waals surface area contributed by atoms with E-state index in [0.29, 0.717) is 31.9 Å². The average molecular weight is 239 g/mol. The highest BCUT2D eigenvalue weighted by atomic mass is 19.1. The molecular formula is C12H18FN3O. The Kier molecular flexibility index (Phi) is 3.57. The van der Waals surface area contributed by atoms with E-state index in [9.17, 15) is 4.39 Å². The van der Waals surface area contributed by atoms with Crippen molar-refractivity contribution in [3.63, 3.8) is 0 Å². The molecule has 94 valence electrons. The highest BCUT2D eigenvalue weighted by Crippen LogP contribution is 2.29. The van der Waals surface area contributed by atoms with Crippen LogP contribution in [0.25, 0.3) is 0 Å². The molecule has 1 saturated heterocycles. The van der Waals surface area contributed by atoms with E-state index in [-0.39, 0.29) is 0 Å². The van der Waals surface area contributed by atoms with Crippen LogP contribution < -0.4 is 4.74 Å². The Hall–Kier alpha value is -1.23. The molecule has 0 saturated carbocycles. The number of alkyl halides is 1. The summed E-state index contributed by atoms with van der Waals surface area (Å²) in [4.78, 5) is 10.3. The number of ether oxygens (including phenoxy) is 1. The smallest absolute Gasteiger partial charge is 0.316 e. The Balaban J connectivity index is 1.98. The van der Waals surface area contributed by atoms with Crippen LogP contribution in [0, 0.1) is 0 Å². The lowest BCUT2D eigenvalue weighted by molar-refractivity contribution is 0.157. The van der Waals surface area contributed by atoms with E-state index in [0.717, 1.165) is 12.2 Å². The van der Waals surface area contributed by atoms with Gasteiger partial charge >= 0.3 is 6.01 Å². The lowest BCUT2D eigenvalue weighted by atomic mass is 10.0. The molecule has 0 aromatic carbocycles. The molecule has 1 aromatic heterocycles. The lowest BCUT2D eigenvalue weighted by Crippen LogP contribution is -2.28. The van der Waals surface area contributed by atoms with E-state index < -0.39 is 5.67 Å². The predicted molar refractivity (Wildman–Crippen MR) is 62.6 cm³/mol. The van der Waals surface area contributed by atoms with Crippen molar-refractivity contribution in [3.8, 4) is 6.01 Å². The van der Waals surface area contributed by atoms with E-state index in [2.05, 4.69) is 14.9 Å². The summed E-state index contributed by atoms with van der Waals surface area (Å²) in [7, 11) is 1.54. The van der Waals surface area contributed by atoms with E-state index in [1.165, 1.54) is 0 Å². The topological polar surface area (TPSA) is 38.2 Å². The number of nitrogens with zero attached hydrogens (tertiary/aromatic N) is 3. The van der Waals surface area contributed by atoms with Crippen LogP contribution in [-0.4, -0.2) is 40.7 Å². The third kappa shape index (κ3) is 2.91. The number of rotatable bonds is 4. The first-order valence-corrected chi connectivity index (χ1v) is 5.92. The second kappa shape index (κ2) is 4.96. The summed E-state index contributed by atoms with van der Waals surface area (Å²) in [5.74, 6) is 0. The fourth-order valence-electron chi connectivity index (χ4n) is 2.13. The monoisotopic (exact) mass is 239 g/mol. The zero-order valence-electron chi connectivity index (χ0n) is 10.3. The minimum absolute atomic E-state index is 0.365. The van der Waals surface area contributed by atoms with Crippen molar-refractivity contribution in [1.82, 2.24) is 14.9 Å². The molecule has 0 N–H and O–H groups in total. The number of halogens is 1. The van der Waals surface area contributed by atoms with Crippen LogP contribution in [0.1, 0.15) is 25.5 Å². The molecule has 0 bridgehead atoms. The molecule has 1 aliphatic heterocycles. The van der Waals surface area contributed by atoms with Gasteiger partial charge in [0.25, 0.3) is 0 Å². The summed E-state index contributed by atoms with van der Waals surface area (Å²) in [6.07, 6.45) is 2.86. The van der Waals surface area contributed by atoms with Crippen molar-refractivity contribution in [2.24, 2.45) is 0 Å². The second-order valence-corrected chi connectivity index (χ2v) is 4.50. The van der Waals surface area contributed by atoms with Crippen molar-refractivity contribution >= 4 is 0 Å². The van der Waals surface area contributed by atoms with E-state index in [1.54, 1.807) is 13.3 Å². The molecule has 1 aliphatic rings. The van der Waals surface area contributed by atoms with Crippen LogP contribution in [0.2, 0.25) is 0 Å². The lowest BCUT2D eigenvalue weighted by Gasteiger charge is -2.18. The molecule has 0 aliphatic carbocycles. The zero-order chi connectivity index (χ0) is 12.3. The van der Waals surface area contributed by atoms with E-state index in [1.807, 2.05) is 13.0 Å². The molecule has 4 nitrogen and oxygen atoms in total. The van der Waals surface area contributed by atoms with Gasteiger partial charge in [-0.05, 0) is 18.9 Å². The van der Waals surface area contributed by atoms with Gasteiger partial charge in [-0.1, -0.05) is 6.92 Å². The van der Waals surface area contributed by atoms with E-state index in [4.69, 9.17) is 4.74 Å². The van der Waals surface area contributed by atoms with Gasteiger partial charge < -0.3 is 4.74 Å². The fourth-order valence-corrected chi connectivity index (χ4v) is 2.13. The molecule has 17 heavy (non-hydrogen) atoms. The molecule has 1 fully saturated rings. The van der Waals surface area contributed by atoms with Crippen molar-refractivity contribution in [2.75, 3.05) is 20.2 Å². The first-order valence-electron chi connectivity index (χ1n) is 5.92. The van der Waals surface area contributed by atoms with Crippen LogP contribution >= 0.6 is 0 Å². The fraction of sp³-hybridized carbons (Fsp3) is 0.667. The highest BCUT2D eigenvalue weighted by Gasteiger charge is 2.36. The summed E-state index contributed by atoms with van der Waals surface area (Å²) in [5.41, 5.74) is -0.144. The van der Waals surface area contributed by atoms with Crippen molar-refractivity contribution in [2.45, 2.75) is 32.0 Å². The maximum absolute atomic E-state index is 14.0. The average Bonchev–Trinajstić information content (AvgIpc) is 2.72. The van der Waals surface area contributed by atoms with Crippen molar-refractivity contribution < 1.29 is 9.13 Å². The Morgan fingerprint density at radius 1 is 1.59 bits per heavy atom. The summed E-state index contributed by atoms with van der Waals surface area (Å²) in [6, 6.07) is 2.20. The Morgan fingerprint density at radius 3 is 3.06 bits per heavy atom. The van der Waals surface area contributed by atoms with Crippen LogP contribution in [0.5, 0.6) is 6.01 Å². The maximum Gasteiger partial charge on any atom is 0.316 e. The SMILES string of the molecule is CCC1(F)CCN(Cc2ccnc(OC)n2)C1. The standard InChI is InChI=1S/C12H18FN3O/c1-3-12(13)5-7-16(9-12)8-10-4-6-14-11(15-10)17-2/h4,6H,3,5,7-9H2,1-2H3. The zero-order valence-corrected chi connectivity index (χ0v) is 10.3. The second-order valence-electron chi connectivity index (χ2n) is 4.50. The third-order valence-electron chi connectivity index (χ3n) is 3.28. The van der Waals surface area contributed by atoms with Gasteiger partial charge in [-0.15, -0.1) is 0 Å². The summed E-state index contributed by atoms with van der Waals surface area (Å²) < 4.78 is 19.0. The molecule has 1 unspecified atom stereocenters. The number of hydrogen-bond acceptors (Lipinski definition) is 4. The van der Waals surface area contributed by atoms with Crippen molar-refractivity contribution in [3.05, 3.63) is 18.0 Å². The number of aromatic nitrogens is 2. The molecule has 1 atom stereocenters. The molecule has 0 spiro atoms. The molecule has 2 heterocycles. The molecule has 1 aromatic rings. The van der Waals surface area contributed by atoms with Gasteiger partial charge in [-0.3, -0.25) is 4.90 Å². The van der Waals surface area contributed by atoms with Crippen LogP contribution in [0.4, 0.5) is 4.39 Å². The molecular weight excluding hydrogens is 221 g/mol. The molecule has 0 amide bonds. The summed E-state index contributed by atoms with van der Waals surface area (Å²) >= 11 is 0. The Morgan fingerprint density at radius 2 is 2.41 bits per heavy atom. The third-order valence-corrected chi connectivity index (χ3v) is 3.28. The maximum atomic E-state index is 14.0. The number of likely N-dealkylation sites (tertiary alicyclic amines) is 1. The largest absolute Gasteiger partial charge is 0.467 e. The molecule has 0 radical (unpaired) electrons. The van der Waals surface area contributed by atoms with Gasteiger partial charge in [0.15, 0.2) is 0 Å². The van der Waals surface area contributed by atoms with Crippen LogP contribution in [-0.2, 0) is 6.54 Å². The first-order chi connectivity index (χ1) is 8.15. The predicted octanol–water partition coefficient (Wildman–Crippen LogP) is 1.81. The Bertz CT molecular complexity index is 388. The number of methoxy groups -OCH3 is 1. The summed E-state index contributed by atoms with van der Waals surface area (Å²) in [5, 5.41) is 0. The van der Waals surface area contributed by atoms with Crippen molar-refractivity contribution in [1.29, 1.82) is 0 Å². The molecule has 2 rings (SSSR count). The van der Waals surface area contributed by atoms with Gasteiger partial charge in [0.2, 0.25) is 0 Å². The minimum atomic E-state index is -1.02. The van der Waals surface area contributed by atoms with Crippen LogP contribution in [0.3, 0.4) is 0 Å². The quantitative estimate of drug-likeness (QED) is 0.803. The van der Waals surface area contributed by atoms with E-state index >= 15 is 0 Å². The normalized spacial score (nSPS) is 25.1. The first kappa shape index (κ1) is 12.2. The van der Waals surface area contributed by atoms with Gasteiger partial charge in [0, 0.05) is 25.8 Å². The minimum Gasteiger partial charge on any atom is -0.467 e. The number of hydrogen-bond donors (Lipinski definition) is 0. The van der Waals surface area contributed by atoms with Gasteiger partial charge in [0.1, 0.15) is 5.67 Å². The molecule has 5 heteroatoms. The van der Waals surface area contributed by atoms with Gasteiger partial charge in [-0.25, -0.2) is 9.37 Å².